The number of H-pyrrole nitrogens is 1. The molecule has 3 saturated heterocycles. The van der Waals surface area contributed by atoms with Gasteiger partial charge in [0.2, 0.25) is 0 Å². The molecule has 3 aliphatic rings. The first-order valence-corrected chi connectivity index (χ1v) is 16.8. The van der Waals surface area contributed by atoms with E-state index in [0.29, 0.717) is 72.7 Å². The van der Waals surface area contributed by atoms with Gasteiger partial charge >= 0.3 is 11.8 Å². The fourth-order valence-electron chi connectivity index (χ4n) is 7.54. The van der Waals surface area contributed by atoms with Crippen LogP contribution >= 0.6 is 11.6 Å². The maximum absolute atomic E-state index is 14.0. The van der Waals surface area contributed by atoms with Crippen LogP contribution in [0.3, 0.4) is 0 Å². The Kier molecular flexibility index (Phi) is 9.62. The number of amides is 2. The number of aromatic nitrogens is 2. The summed E-state index contributed by atoms with van der Waals surface area (Å²) in [4.78, 5) is 49.1. The van der Waals surface area contributed by atoms with Crippen molar-refractivity contribution in [3.05, 3.63) is 63.0 Å². The fraction of sp³-hybridized carbons (Fsp3) is 0.514. The van der Waals surface area contributed by atoms with Gasteiger partial charge in [-0.25, -0.2) is 9.59 Å². The van der Waals surface area contributed by atoms with Gasteiger partial charge in [0.25, 0.3) is 5.91 Å². The molecule has 3 aliphatic heterocycles. The molecule has 0 unspecified atom stereocenters. The van der Waals surface area contributed by atoms with Crippen molar-refractivity contribution in [3.8, 4) is 12.3 Å². The van der Waals surface area contributed by atoms with Crippen LogP contribution in [0.5, 0.6) is 0 Å². The Labute approximate surface area is 274 Å². The number of carbonyl (C=O) groups is 2. The highest BCUT2D eigenvalue weighted by atomic mass is 35.5. The molecule has 3 fully saturated rings. The molecule has 4 heterocycles. The maximum Gasteiger partial charge on any atom is 0.410 e. The number of carbonyl (C=O) groups excluding carboxylic acids is 2. The molecular formula is C35H43ClN6O4. The summed E-state index contributed by atoms with van der Waals surface area (Å²) in [6.45, 7) is 4.36. The van der Waals surface area contributed by atoms with Gasteiger partial charge in [-0.05, 0) is 100 Å². The molecule has 46 heavy (non-hydrogen) atoms. The molecule has 0 saturated carbocycles. The van der Waals surface area contributed by atoms with Gasteiger partial charge in [-0.1, -0.05) is 29.7 Å². The number of para-hydroxylation sites is 2. The molecule has 0 aliphatic carbocycles. The SMILES string of the molecule is C#Cc1cc(C[C@@H](OC(=O)N2CCC(n3c(=O)[nH]c4ccccc43)CC2)C(=O)N2CCC(C3CCN(C)CC3)CC2)cc(Cl)c1N. The summed E-state index contributed by atoms with van der Waals surface area (Å²) in [6, 6.07) is 11.0. The van der Waals surface area contributed by atoms with Crippen LogP contribution in [0.4, 0.5) is 10.5 Å². The number of halogens is 1. The zero-order valence-corrected chi connectivity index (χ0v) is 27.2. The molecule has 0 bridgehead atoms. The number of benzene rings is 2. The lowest BCUT2D eigenvalue weighted by molar-refractivity contribution is -0.142. The number of aromatic amines is 1. The number of nitrogens with one attached hydrogen (secondary N) is 1. The number of likely N-dealkylation sites (tertiary alicyclic amines) is 3. The first-order chi connectivity index (χ1) is 22.2. The number of rotatable bonds is 6. The summed E-state index contributed by atoms with van der Waals surface area (Å²) in [6.07, 6.45) is 9.73. The molecule has 0 spiro atoms. The monoisotopic (exact) mass is 646 g/mol. The van der Waals surface area contributed by atoms with E-state index in [9.17, 15) is 14.4 Å². The number of hydrogen-bond donors (Lipinski definition) is 2. The van der Waals surface area contributed by atoms with Crippen molar-refractivity contribution in [2.75, 3.05) is 52.0 Å². The summed E-state index contributed by atoms with van der Waals surface area (Å²) in [5.41, 5.74) is 8.97. The van der Waals surface area contributed by atoms with E-state index >= 15 is 0 Å². The van der Waals surface area contributed by atoms with Gasteiger partial charge in [-0.3, -0.25) is 9.36 Å². The van der Waals surface area contributed by atoms with E-state index in [2.05, 4.69) is 22.9 Å². The van der Waals surface area contributed by atoms with Crippen molar-refractivity contribution >= 4 is 40.3 Å². The van der Waals surface area contributed by atoms with E-state index in [0.717, 1.165) is 37.0 Å². The third-order valence-electron chi connectivity index (χ3n) is 10.3. The number of imidazole rings is 1. The lowest BCUT2D eigenvalue weighted by atomic mass is 9.79. The Hall–Kier alpha value is -3.94. The van der Waals surface area contributed by atoms with Crippen LogP contribution in [0.15, 0.2) is 41.2 Å². The lowest BCUT2D eigenvalue weighted by Crippen LogP contribution is -2.49. The topological polar surface area (TPSA) is 117 Å². The number of ether oxygens (including phenoxy) is 1. The van der Waals surface area contributed by atoms with Crippen molar-refractivity contribution in [3.63, 3.8) is 0 Å². The van der Waals surface area contributed by atoms with Crippen molar-refractivity contribution in [2.24, 2.45) is 11.8 Å². The minimum absolute atomic E-state index is 0.0462. The summed E-state index contributed by atoms with van der Waals surface area (Å²) >= 11 is 6.38. The number of hydrogen-bond acceptors (Lipinski definition) is 6. The highest BCUT2D eigenvalue weighted by molar-refractivity contribution is 6.33. The van der Waals surface area contributed by atoms with Gasteiger partial charge in [0.1, 0.15) is 0 Å². The summed E-state index contributed by atoms with van der Waals surface area (Å²) in [7, 11) is 2.17. The Morgan fingerprint density at radius 2 is 1.63 bits per heavy atom. The number of nitrogens with two attached hydrogens (primary N) is 1. The van der Waals surface area contributed by atoms with Crippen LogP contribution in [0, 0.1) is 24.2 Å². The largest absolute Gasteiger partial charge is 0.436 e. The normalized spacial score (nSPS) is 19.7. The Morgan fingerprint density at radius 3 is 2.30 bits per heavy atom. The molecule has 1 atom stereocenters. The predicted octanol–water partition coefficient (Wildman–Crippen LogP) is 4.51. The third kappa shape index (κ3) is 6.76. The molecule has 244 valence electrons. The molecule has 6 rings (SSSR count). The lowest BCUT2D eigenvalue weighted by Gasteiger charge is -2.40. The summed E-state index contributed by atoms with van der Waals surface area (Å²) < 4.78 is 7.80. The highest BCUT2D eigenvalue weighted by Gasteiger charge is 2.36. The first-order valence-electron chi connectivity index (χ1n) is 16.4. The van der Waals surface area contributed by atoms with Crippen molar-refractivity contribution in [2.45, 2.75) is 57.1 Å². The second kappa shape index (κ2) is 13.8. The molecule has 11 heteroatoms. The van der Waals surface area contributed by atoms with Crippen LogP contribution in [-0.4, -0.2) is 88.7 Å². The van der Waals surface area contributed by atoms with Gasteiger partial charge in [0.05, 0.1) is 21.7 Å². The maximum atomic E-state index is 14.0. The molecule has 3 aromatic rings. The molecule has 0 radical (unpaired) electrons. The fourth-order valence-corrected chi connectivity index (χ4v) is 7.78. The van der Waals surface area contributed by atoms with E-state index in [4.69, 9.17) is 28.5 Å². The molecular weight excluding hydrogens is 604 g/mol. The third-order valence-corrected chi connectivity index (χ3v) is 10.6. The van der Waals surface area contributed by atoms with Crippen molar-refractivity contribution in [1.29, 1.82) is 0 Å². The standard InChI is InChI=1S/C35H43ClN6O4/c1-3-24-20-23(21-28(36)32(24)37)22-31(33(43)40-16-10-26(11-17-40)25-8-14-39(2)15-9-25)46-35(45)41-18-12-27(13-19-41)42-30-7-5-4-6-29(30)38-34(42)44/h1,4-7,20-21,25-27,31H,8-19,22,37H2,2H3,(H,38,44)/t31-/m1/s1. The van der Waals surface area contributed by atoms with E-state index < -0.39 is 12.2 Å². The zero-order chi connectivity index (χ0) is 32.4. The van der Waals surface area contributed by atoms with Gasteiger partial charge in [-0.15, -0.1) is 6.42 Å². The Bertz CT molecular complexity index is 1670. The predicted molar refractivity (Wildman–Crippen MR) is 180 cm³/mol. The summed E-state index contributed by atoms with van der Waals surface area (Å²) in [5.74, 6) is 3.66. The highest BCUT2D eigenvalue weighted by Crippen LogP contribution is 2.33. The second-order valence-corrected chi connectivity index (χ2v) is 13.5. The number of nitrogens with zero attached hydrogens (tertiary/aromatic N) is 4. The molecule has 2 aromatic carbocycles. The Morgan fingerprint density at radius 1 is 1.00 bits per heavy atom. The molecule has 2 amide bonds. The molecule has 1 aromatic heterocycles. The quantitative estimate of drug-likeness (QED) is 0.301. The number of piperidine rings is 3. The second-order valence-electron chi connectivity index (χ2n) is 13.1. The number of terminal acetylenes is 1. The van der Waals surface area contributed by atoms with Gasteiger partial charge < -0.3 is 30.2 Å². The first kappa shape index (κ1) is 32.0. The average Bonchev–Trinajstić information content (AvgIpc) is 3.41. The minimum Gasteiger partial charge on any atom is -0.436 e. The van der Waals surface area contributed by atoms with Gasteiger partial charge in [0.15, 0.2) is 6.10 Å². The molecule has 3 N–H and O–H groups in total. The molecule has 10 nitrogen and oxygen atoms in total. The van der Waals surface area contributed by atoms with Crippen LogP contribution in [0.25, 0.3) is 11.0 Å². The van der Waals surface area contributed by atoms with Gasteiger partial charge in [-0.2, -0.15) is 0 Å². The van der Waals surface area contributed by atoms with Crippen LogP contribution in [-0.2, 0) is 16.0 Å². The smallest absolute Gasteiger partial charge is 0.410 e. The number of fused-ring (bicyclic) bond motifs is 1. The van der Waals surface area contributed by atoms with E-state index in [1.54, 1.807) is 21.6 Å². The van der Waals surface area contributed by atoms with E-state index in [1.165, 1.54) is 12.8 Å². The number of nitrogen functional groups attached to an aromatic ring is 1. The summed E-state index contributed by atoms with van der Waals surface area (Å²) in [5, 5.41) is 0.302. The van der Waals surface area contributed by atoms with Crippen LogP contribution < -0.4 is 11.4 Å². The van der Waals surface area contributed by atoms with Crippen LogP contribution in [0.1, 0.15) is 55.7 Å². The van der Waals surface area contributed by atoms with Crippen molar-refractivity contribution in [1.82, 2.24) is 24.3 Å². The zero-order valence-electron chi connectivity index (χ0n) is 26.4. The minimum atomic E-state index is -1.04. The number of anilines is 1. The van der Waals surface area contributed by atoms with Crippen LogP contribution in [0.2, 0.25) is 5.02 Å². The Balaban J connectivity index is 1.14. The van der Waals surface area contributed by atoms with Gasteiger partial charge in [0, 0.05) is 44.2 Å². The van der Waals surface area contributed by atoms with Crippen molar-refractivity contribution < 1.29 is 14.3 Å². The average molecular weight is 647 g/mol. The van der Waals surface area contributed by atoms with E-state index in [-0.39, 0.29) is 24.1 Å². The van der Waals surface area contributed by atoms with E-state index in [1.807, 2.05) is 29.2 Å².